The van der Waals surface area contributed by atoms with Gasteiger partial charge in [0.15, 0.2) is 0 Å². The molecule has 1 heterocycles. The Morgan fingerprint density at radius 2 is 1.58 bits per heavy atom. The summed E-state index contributed by atoms with van der Waals surface area (Å²) in [5.41, 5.74) is 2.99. The summed E-state index contributed by atoms with van der Waals surface area (Å²) in [5.74, 6) is 1.23. The summed E-state index contributed by atoms with van der Waals surface area (Å²) in [7, 11) is 1.58. The van der Waals surface area contributed by atoms with Crippen molar-refractivity contribution in [1.82, 2.24) is 9.97 Å². The van der Waals surface area contributed by atoms with Crippen molar-refractivity contribution in [2.24, 2.45) is 0 Å². The van der Waals surface area contributed by atoms with E-state index in [4.69, 9.17) is 4.74 Å². The molecule has 164 valence electrons. The van der Waals surface area contributed by atoms with Crippen molar-refractivity contribution in [2.45, 2.75) is 12.3 Å². The molecule has 0 spiro atoms. The molecule has 3 aromatic carbocycles. The third kappa shape index (κ3) is 5.10. The minimum absolute atomic E-state index is 0.0165. The van der Waals surface area contributed by atoms with Crippen LogP contribution in [0.5, 0.6) is 5.75 Å². The van der Waals surface area contributed by atoms with Crippen molar-refractivity contribution in [3.63, 3.8) is 0 Å². The standard InChI is InChI=1S/C27H24N4O2/c1-33-22-14-12-21(13-15-22)25-24(18-28)26(32)31-27(30-25)29-17-16-23(19-8-4-2-5-9-19)20-10-6-3-7-11-20/h2-15,23H,16-17H2,1H3,(H2,29,30,31,32). The second-order valence-electron chi connectivity index (χ2n) is 7.57. The summed E-state index contributed by atoms with van der Waals surface area (Å²) in [6.07, 6.45) is 0.801. The Morgan fingerprint density at radius 3 is 2.12 bits per heavy atom. The van der Waals surface area contributed by atoms with Gasteiger partial charge in [-0.25, -0.2) is 4.98 Å². The molecule has 0 aliphatic rings. The Bertz CT molecular complexity index is 1250. The predicted molar refractivity (Wildman–Crippen MR) is 129 cm³/mol. The molecule has 0 aliphatic carbocycles. The number of rotatable bonds is 8. The zero-order valence-corrected chi connectivity index (χ0v) is 18.3. The molecule has 0 fully saturated rings. The Hall–Kier alpha value is -4.37. The summed E-state index contributed by atoms with van der Waals surface area (Å²) in [6, 6.07) is 29.8. The minimum Gasteiger partial charge on any atom is -0.497 e. The fourth-order valence-electron chi connectivity index (χ4n) is 3.85. The lowest BCUT2D eigenvalue weighted by molar-refractivity contribution is 0.415. The van der Waals surface area contributed by atoms with Gasteiger partial charge in [-0.2, -0.15) is 5.26 Å². The lowest BCUT2D eigenvalue weighted by Crippen LogP contribution is -2.18. The average Bonchev–Trinajstić information content (AvgIpc) is 2.87. The number of nitrogens with zero attached hydrogens (tertiary/aromatic N) is 2. The van der Waals surface area contributed by atoms with Crippen LogP contribution in [0.15, 0.2) is 89.7 Å². The highest BCUT2D eigenvalue weighted by molar-refractivity contribution is 5.67. The lowest BCUT2D eigenvalue weighted by Gasteiger charge is -2.18. The first-order valence-electron chi connectivity index (χ1n) is 10.7. The van der Waals surface area contributed by atoms with Gasteiger partial charge in [0.25, 0.3) is 5.56 Å². The largest absolute Gasteiger partial charge is 0.497 e. The van der Waals surface area contributed by atoms with Crippen molar-refractivity contribution in [1.29, 1.82) is 5.26 Å². The third-order valence-corrected chi connectivity index (χ3v) is 5.52. The average molecular weight is 437 g/mol. The number of anilines is 1. The van der Waals surface area contributed by atoms with Crippen LogP contribution in [0, 0.1) is 11.3 Å². The number of nitriles is 1. The van der Waals surface area contributed by atoms with Crippen LogP contribution in [0.4, 0.5) is 5.95 Å². The molecule has 1 aromatic heterocycles. The van der Waals surface area contributed by atoms with Crippen molar-refractivity contribution in [3.8, 4) is 23.1 Å². The number of aromatic nitrogens is 2. The van der Waals surface area contributed by atoms with Crippen LogP contribution >= 0.6 is 0 Å². The van der Waals surface area contributed by atoms with Gasteiger partial charge in [0.05, 0.1) is 12.8 Å². The molecule has 0 atom stereocenters. The minimum atomic E-state index is -0.469. The van der Waals surface area contributed by atoms with E-state index in [-0.39, 0.29) is 11.5 Å². The molecule has 0 bridgehead atoms. The van der Waals surface area contributed by atoms with Crippen molar-refractivity contribution in [2.75, 3.05) is 19.0 Å². The zero-order valence-electron chi connectivity index (χ0n) is 18.3. The number of hydrogen-bond donors (Lipinski definition) is 2. The highest BCUT2D eigenvalue weighted by atomic mass is 16.5. The Balaban J connectivity index is 1.57. The van der Waals surface area contributed by atoms with Gasteiger partial charge in [-0.3, -0.25) is 9.78 Å². The molecule has 0 aliphatic heterocycles. The van der Waals surface area contributed by atoms with Crippen molar-refractivity contribution >= 4 is 5.95 Å². The fraction of sp³-hybridized carbons (Fsp3) is 0.148. The first-order chi connectivity index (χ1) is 16.2. The number of benzene rings is 3. The maximum atomic E-state index is 12.5. The quantitative estimate of drug-likeness (QED) is 0.408. The number of H-pyrrole nitrogens is 1. The van der Waals surface area contributed by atoms with Gasteiger partial charge in [-0.1, -0.05) is 60.7 Å². The predicted octanol–water partition coefficient (Wildman–Crippen LogP) is 4.95. The molecule has 6 nitrogen and oxygen atoms in total. The Kier molecular flexibility index (Phi) is 6.81. The fourth-order valence-corrected chi connectivity index (χ4v) is 3.85. The van der Waals surface area contributed by atoms with E-state index >= 15 is 0 Å². The van der Waals surface area contributed by atoms with Crippen LogP contribution in [0.3, 0.4) is 0 Å². The lowest BCUT2D eigenvalue weighted by atomic mass is 9.88. The number of ether oxygens (including phenoxy) is 1. The van der Waals surface area contributed by atoms with E-state index in [0.717, 1.165) is 6.42 Å². The number of methoxy groups -OCH3 is 1. The topological polar surface area (TPSA) is 90.8 Å². The molecular formula is C27H24N4O2. The van der Waals surface area contributed by atoms with Gasteiger partial charge in [-0.05, 0) is 41.8 Å². The highest BCUT2D eigenvalue weighted by Gasteiger charge is 2.16. The monoisotopic (exact) mass is 436 g/mol. The van der Waals surface area contributed by atoms with E-state index in [1.54, 1.807) is 31.4 Å². The number of nitrogens with one attached hydrogen (secondary N) is 2. The van der Waals surface area contributed by atoms with Crippen LogP contribution < -0.4 is 15.6 Å². The normalized spacial score (nSPS) is 10.6. The van der Waals surface area contributed by atoms with E-state index < -0.39 is 5.56 Å². The highest BCUT2D eigenvalue weighted by Crippen LogP contribution is 2.28. The summed E-state index contributed by atoms with van der Waals surface area (Å²) < 4.78 is 5.19. The third-order valence-electron chi connectivity index (χ3n) is 5.52. The second-order valence-corrected chi connectivity index (χ2v) is 7.57. The summed E-state index contributed by atoms with van der Waals surface area (Å²) in [6.45, 7) is 0.589. The van der Waals surface area contributed by atoms with Gasteiger partial charge in [0.1, 0.15) is 17.4 Å². The molecule has 0 amide bonds. The number of hydrogen-bond acceptors (Lipinski definition) is 5. The number of aromatic amines is 1. The summed E-state index contributed by atoms with van der Waals surface area (Å²) in [5, 5.41) is 12.7. The molecular weight excluding hydrogens is 412 g/mol. The van der Waals surface area contributed by atoms with Crippen LogP contribution in [-0.4, -0.2) is 23.6 Å². The maximum Gasteiger partial charge on any atom is 0.270 e. The van der Waals surface area contributed by atoms with Gasteiger partial charge in [0.2, 0.25) is 5.95 Å². The maximum absolute atomic E-state index is 12.5. The molecule has 4 aromatic rings. The van der Waals surface area contributed by atoms with Crippen molar-refractivity contribution < 1.29 is 4.74 Å². The summed E-state index contributed by atoms with van der Waals surface area (Å²) >= 11 is 0. The SMILES string of the molecule is COc1ccc(-c2nc(NCCC(c3ccccc3)c3ccccc3)[nH]c(=O)c2C#N)cc1. The van der Waals surface area contributed by atoms with E-state index in [2.05, 4.69) is 39.6 Å². The zero-order chi connectivity index (χ0) is 23.0. The molecule has 0 saturated heterocycles. The van der Waals surface area contributed by atoms with Gasteiger partial charge < -0.3 is 10.1 Å². The first-order valence-corrected chi connectivity index (χ1v) is 10.7. The Morgan fingerprint density at radius 1 is 0.970 bits per heavy atom. The molecule has 0 saturated carbocycles. The molecule has 2 N–H and O–H groups in total. The van der Waals surface area contributed by atoms with Crippen LogP contribution in [-0.2, 0) is 0 Å². The van der Waals surface area contributed by atoms with Crippen LogP contribution in [0.25, 0.3) is 11.3 Å². The van der Waals surface area contributed by atoms with E-state index in [1.165, 1.54) is 11.1 Å². The van der Waals surface area contributed by atoms with Gasteiger partial charge >= 0.3 is 0 Å². The van der Waals surface area contributed by atoms with Gasteiger partial charge in [0, 0.05) is 18.0 Å². The molecule has 33 heavy (non-hydrogen) atoms. The van der Waals surface area contributed by atoms with E-state index in [1.807, 2.05) is 42.5 Å². The Labute approximate surface area is 192 Å². The van der Waals surface area contributed by atoms with Crippen LogP contribution in [0.2, 0.25) is 0 Å². The van der Waals surface area contributed by atoms with E-state index in [0.29, 0.717) is 29.5 Å². The van der Waals surface area contributed by atoms with Gasteiger partial charge in [-0.15, -0.1) is 0 Å². The van der Waals surface area contributed by atoms with E-state index in [9.17, 15) is 10.1 Å². The molecule has 6 heteroatoms. The molecule has 4 rings (SSSR count). The molecule has 0 unspecified atom stereocenters. The smallest absolute Gasteiger partial charge is 0.270 e. The molecule has 0 radical (unpaired) electrons. The first kappa shape index (κ1) is 21.8. The van der Waals surface area contributed by atoms with Crippen LogP contribution in [0.1, 0.15) is 29.0 Å². The second kappa shape index (κ2) is 10.3. The summed E-state index contributed by atoms with van der Waals surface area (Å²) in [4.78, 5) is 19.8. The van der Waals surface area contributed by atoms with Crippen molar-refractivity contribution in [3.05, 3.63) is 112 Å².